The van der Waals surface area contributed by atoms with Gasteiger partial charge >= 0.3 is 0 Å². The Hall–Kier alpha value is -2.10. The first-order valence-corrected chi connectivity index (χ1v) is 8.21. The normalized spacial score (nSPS) is 14.1. The van der Waals surface area contributed by atoms with E-state index < -0.39 is 0 Å². The summed E-state index contributed by atoms with van der Waals surface area (Å²) in [5.74, 6) is 0. The lowest BCUT2D eigenvalue weighted by atomic mass is 10.1. The van der Waals surface area contributed by atoms with Crippen LogP contribution in [0.5, 0.6) is 0 Å². The highest BCUT2D eigenvalue weighted by atomic mass is 15.2. The summed E-state index contributed by atoms with van der Waals surface area (Å²) >= 11 is 0. The minimum atomic E-state index is 0.850. The highest BCUT2D eigenvalue weighted by Crippen LogP contribution is 2.30. The summed E-state index contributed by atoms with van der Waals surface area (Å²) in [6, 6.07) is 8.45. The third-order valence-corrected chi connectivity index (χ3v) is 4.08. The Morgan fingerprint density at radius 3 is 1.68 bits per heavy atom. The number of anilines is 2. The van der Waals surface area contributed by atoms with Gasteiger partial charge in [-0.15, -0.1) is 0 Å². The van der Waals surface area contributed by atoms with Gasteiger partial charge in [0.2, 0.25) is 0 Å². The molecule has 0 spiro atoms. The number of hydrogen-bond acceptors (Lipinski definition) is 4. The Kier molecular flexibility index (Phi) is 4.56. The molecule has 0 radical (unpaired) electrons. The summed E-state index contributed by atoms with van der Waals surface area (Å²) < 4.78 is 0. The van der Waals surface area contributed by atoms with Crippen molar-refractivity contribution in [3.63, 3.8) is 0 Å². The largest absolute Gasteiger partial charge is 0.364 e. The molecule has 0 aliphatic carbocycles. The average molecular weight is 296 g/mol. The van der Waals surface area contributed by atoms with Crippen LogP contribution in [0.1, 0.15) is 38.1 Å². The Morgan fingerprint density at radius 1 is 0.818 bits per heavy atom. The van der Waals surface area contributed by atoms with Crippen molar-refractivity contribution in [1.29, 1.82) is 0 Å². The van der Waals surface area contributed by atoms with Crippen molar-refractivity contribution in [3.8, 4) is 0 Å². The van der Waals surface area contributed by atoms with Crippen molar-refractivity contribution in [2.24, 2.45) is 0 Å². The number of hydrogen-bond donors (Lipinski definition) is 0. The molecule has 0 bridgehead atoms. The van der Waals surface area contributed by atoms with Crippen molar-refractivity contribution < 1.29 is 0 Å². The second-order valence-corrected chi connectivity index (χ2v) is 5.78. The molecule has 0 N–H and O–H groups in total. The minimum absolute atomic E-state index is 0.850. The summed E-state index contributed by atoms with van der Waals surface area (Å²) in [5, 5.41) is 0. The van der Waals surface area contributed by atoms with Gasteiger partial charge in [0.25, 0.3) is 0 Å². The van der Waals surface area contributed by atoms with Crippen LogP contribution in [-0.4, -0.2) is 23.1 Å². The monoisotopic (exact) mass is 296 g/mol. The van der Waals surface area contributed by atoms with E-state index in [0.717, 1.165) is 39.0 Å². The van der Waals surface area contributed by atoms with Crippen LogP contribution in [-0.2, 0) is 13.1 Å². The van der Waals surface area contributed by atoms with Crippen molar-refractivity contribution >= 4 is 11.4 Å². The fraction of sp³-hybridized carbons (Fsp3) is 0.444. The van der Waals surface area contributed by atoms with Crippen LogP contribution in [0.2, 0.25) is 0 Å². The Bertz CT molecular complexity index is 570. The van der Waals surface area contributed by atoms with Crippen LogP contribution in [0.25, 0.3) is 0 Å². The van der Waals surface area contributed by atoms with Crippen LogP contribution in [0.15, 0.2) is 36.7 Å². The number of pyridine rings is 2. The van der Waals surface area contributed by atoms with E-state index in [0.29, 0.717) is 0 Å². The number of aromatic nitrogens is 2. The molecule has 0 amide bonds. The molecule has 0 unspecified atom stereocenters. The quantitative estimate of drug-likeness (QED) is 0.862. The Labute approximate surface area is 132 Å². The molecule has 2 aromatic heterocycles. The summed E-state index contributed by atoms with van der Waals surface area (Å²) in [4.78, 5) is 14.1. The first-order valence-electron chi connectivity index (χ1n) is 8.21. The van der Waals surface area contributed by atoms with Crippen molar-refractivity contribution in [1.82, 2.24) is 9.97 Å². The van der Waals surface area contributed by atoms with Gasteiger partial charge in [0.05, 0.1) is 35.9 Å². The molecule has 0 atom stereocenters. The zero-order valence-electron chi connectivity index (χ0n) is 13.5. The molecule has 116 valence electrons. The lowest BCUT2D eigenvalue weighted by molar-refractivity contribution is 0.693. The van der Waals surface area contributed by atoms with Gasteiger partial charge in [0, 0.05) is 25.5 Å². The highest BCUT2D eigenvalue weighted by molar-refractivity contribution is 5.59. The van der Waals surface area contributed by atoms with Gasteiger partial charge in [-0.1, -0.05) is 13.8 Å². The van der Waals surface area contributed by atoms with Crippen LogP contribution in [0.3, 0.4) is 0 Å². The van der Waals surface area contributed by atoms with Crippen molar-refractivity contribution in [2.45, 2.75) is 39.8 Å². The Balaban J connectivity index is 2.06. The second kappa shape index (κ2) is 6.77. The van der Waals surface area contributed by atoms with Crippen LogP contribution in [0.4, 0.5) is 11.4 Å². The molecule has 4 nitrogen and oxygen atoms in total. The first-order chi connectivity index (χ1) is 10.8. The summed E-state index contributed by atoms with van der Waals surface area (Å²) in [6.45, 7) is 8.20. The molecule has 1 aliphatic heterocycles. The minimum Gasteiger partial charge on any atom is -0.364 e. The van der Waals surface area contributed by atoms with E-state index >= 15 is 0 Å². The third kappa shape index (κ3) is 2.91. The van der Waals surface area contributed by atoms with E-state index in [1.54, 1.807) is 0 Å². The lowest BCUT2D eigenvalue weighted by Crippen LogP contribution is -2.33. The van der Waals surface area contributed by atoms with Gasteiger partial charge in [-0.05, 0) is 37.1 Å². The van der Waals surface area contributed by atoms with Gasteiger partial charge in [0.1, 0.15) is 0 Å². The molecule has 1 aliphatic rings. The van der Waals surface area contributed by atoms with Gasteiger partial charge in [-0.25, -0.2) is 0 Å². The Morgan fingerprint density at radius 2 is 1.27 bits per heavy atom. The van der Waals surface area contributed by atoms with Crippen LogP contribution < -0.4 is 9.80 Å². The first kappa shape index (κ1) is 14.8. The van der Waals surface area contributed by atoms with Crippen LogP contribution in [0, 0.1) is 0 Å². The predicted octanol–water partition coefficient (Wildman–Crippen LogP) is 3.62. The molecule has 22 heavy (non-hydrogen) atoms. The fourth-order valence-electron chi connectivity index (χ4n) is 3.15. The summed E-state index contributed by atoms with van der Waals surface area (Å²) in [5.41, 5.74) is 4.83. The third-order valence-electron chi connectivity index (χ3n) is 4.08. The number of rotatable bonds is 4. The smallest absolute Gasteiger partial charge is 0.0829 e. The van der Waals surface area contributed by atoms with E-state index in [1.807, 2.05) is 24.5 Å². The van der Waals surface area contributed by atoms with Gasteiger partial charge in [-0.3, -0.25) is 9.97 Å². The van der Waals surface area contributed by atoms with E-state index in [4.69, 9.17) is 0 Å². The predicted molar refractivity (Wildman–Crippen MR) is 91.2 cm³/mol. The molecule has 3 heterocycles. The maximum absolute atomic E-state index is 4.66. The molecular weight excluding hydrogens is 272 g/mol. The van der Waals surface area contributed by atoms with E-state index in [9.17, 15) is 0 Å². The molecule has 3 rings (SSSR count). The zero-order valence-corrected chi connectivity index (χ0v) is 13.5. The maximum Gasteiger partial charge on any atom is 0.0829 e. The highest BCUT2D eigenvalue weighted by Gasteiger charge is 2.22. The van der Waals surface area contributed by atoms with Crippen molar-refractivity contribution in [2.75, 3.05) is 22.9 Å². The average Bonchev–Trinajstić information content (AvgIpc) is 2.54. The maximum atomic E-state index is 4.66. The number of nitrogens with zero attached hydrogens (tertiary/aromatic N) is 4. The molecule has 0 saturated carbocycles. The van der Waals surface area contributed by atoms with Crippen LogP contribution >= 0.6 is 0 Å². The van der Waals surface area contributed by atoms with Gasteiger partial charge < -0.3 is 9.80 Å². The summed E-state index contributed by atoms with van der Waals surface area (Å²) in [6.07, 6.45) is 6.04. The fourth-order valence-corrected chi connectivity index (χ4v) is 3.15. The molecule has 4 heteroatoms. The number of fused-ring (bicyclic) bond motifs is 2. The van der Waals surface area contributed by atoms with Crippen molar-refractivity contribution in [3.05, 3.63) is 48.0 Å². The lowest BCUT2D eigenvalue weighted by Gasteiger charge is -2.34. The van der Waals surface area contributed by atoms with Gasteiger partial charge in [-0.2, -0.15) is 0 Å². The topological polar surface area (TPSA) is 32.3 Å². The van der Waals surface area contributed by atoms with Gasteiger partial charge in [0.15, 0.2) is 0 Å². The summed E-state index contributed by atoms with van der Waals surface area (Å²) in [7, 11) is 0. The SMILES string of the molecule is CCCN1Cc2ncccc2N(CCC)Cc2ncccc21. The zero-order chi connectivity index (χ0) is 15.4. The van der Waals surface area contributed by atoms with E-state index in [1.165, 1.54) is 22.8 Å². The molecule has 0 aromatic carbocycles. The second-order valence-electron chi connectivity index (χ2n) is 5.78. The van der Waals surface area contributed by atoms with E-state index in [-0.39, 0.29) is 0 Å². The molecule has 2 aromatic rings. The molecule has 0 fully saturated rings. The van der Waals surface area contributed by atoms with E-state index in [2.05, 4.69) is 45.7 Å². The molecular formula is C18H24N4. The standard InChI is InChI=1S/C18H24N4/c1-3-11-21-13-15-18(8-6-10-19-15)22(12-4-2)14-16-17(21)7-5-9-20-16/h5-10H,3-4,11-14H2,1-2H3. The molecule has 0 saturated heterocycles.